The number of hydrogen-bond acceptors (Lipinski definition) is 3. The van der Waals surface area contributed by atoms with Crippen molar-refractivity contribution in [3.8, 4) is 11.5 Å². The molecule has 0 saturated carbocycles. The number of hydrogen-bond donors (Lipinski definition) is 0. The summed E-state index contributed by atoms with van der Waals surface area (Å²) in [6.45, 7) is 3.22. The van der Waals surface area contributed by atoms with Gasteiger partial charge in [0, 0.05) is 24.9 Å². The van der Waals surface area contributed by atoms with Crippen molar-refractivity contribution in [2.75, 3.05) is 13.7 Å². The highest BCUT2D eigenvalue weighted by atomic mass is 16.5. The van der Waals surface area contributed by atoms with Gasteiger partial charge in [0.2, 0.25) is 0 Å². The molecule has 0 aromatic carbocycles. The van der Waals surface area contributed by atoms with E-state index in [1.165, 1.54) is 0 Å². The zero-order valence-corrected chi connectivity index (χ0v) is 9.97. The summed E-state index contributed by atoms with van der Waals surface area (Å²) in [7, 11) is 1.66. The summed E-state index contributed by atoms with van der Waals surface area (Å²) < 4.78 is 12.5. The summed E-state index contributed by atoms with van der Waals surface area (Å²) in [4.78, 5) is 11.0. The van der Waals surface area contributed by atoms with Crippen LogP contribution in [0.5, 0.6) is 0 Å². The van der Waals surface area contributed by atoms with E-state index in [4.69, 9.17) is 9.15 Å². The lowest BCUT2D eigenvalue weighted by atomic mass is 10.2. The summed E-state index contributed by atoms with van der Waals surface area (Å²) in [5.41, 5.74) is 2.53. The summed E-state index contributed by atoms with van der Waals surface area (Å²) in [5, 5.41) is 0. The number of carbonyl (C=O) groups excluding carboxylic acids is 1. The predicted octanol–water partition coefficient (Wildman–Crippen LogP) is 2.52. The highest BCUT2D eigenvalue weighted by Gasteiger charge is 2.14. The molecular weight excluding hydrogens is 218 g/mol. The van der Waals surface area contributed by atoms with Crippen LogP contribution >= 0.6 is 0 Å². The van der Waals surface area contributed by atoms with Crippen molar-refractivity contribution >= 4 is 6.29 Å². The second-order valence-electron chi connectivity index (χ2n) is 3.81. The van der Waals surface area contributed by atoms with E-state index in [1.807, 2.05) is 29.7 Å². The van der Waals surface area contributed by atoms with Gasteiger partial charge in [-0.25, -0.2) is 0 Å². The molecule has 0 aliphatic rings. The third kappa shape index (κ3) is 2.17. The molecule has 0 radical (unpaired) electrons. The molecule has 0 fully saturated rings. The van der Waals surface area contributed by atoms with Crippen LogP contribution in [0.25, 0.3) is 11.5 Å². The Kier molecular flexibility index (Phi) is 3.44. The Morgan fingerprint density at radius 3 is 2.94 bits per heavy atom. The van der Waals surface area contributed by atoms with Crippen LogP contribution in [0.15, 0.2) is 28.9 Å². The van der Waals surface area contributed by atoms with Crippen molar-refractivity contribution in [1.29, 1.82) is 0 Å². The van der Waals surface area contributed by atoms with Crippen LogP contribution in [-0.4, -0.2) is 24.6 Å². The molecule has 0 amide bonds. The van der Waals surface area contributed by atoms with Gasteiger partial charge in [0.1, 0.15) is 5.76 Å². The third-order valence-corrected chi connectivity index (χ3v) is 2.83. The normalized spacial score (nSPS) is 10.7. The first-order valence-electron chi connectivity index (χ1n) is 5.46. The molecule has 17 heavy (non-hydrogen) atoms. The highest BCUT2D eigenvalue weighted by Crippen LogP contribution is 2.25. The van der Waals surface area contributed by atoms with Gasteiger partial charge < -0.3 is 13.7 Å². The van der Waals surface area contributed by atoms with E-state index in [9.17, 15) is 4.79 Å². The minimum Gasteiger partial charge on any atom is -0.463 e. The molecule has 0 bridgehead atoms. The summed E-state index contributed by atoms with van der Waals surface area (Å²) in [6, 6.07) is 5.56. The van der Waals surface area contributed by atoms with Gasteiger partial charge in [-0.1, -0.05) is 0 Å². The van der Waals surface area contributed by atoms with Gasteiger partial charge in [-0.05, 0) is 25.1 Å². The van der Waals surface area contributed by atoms with Crippen molar-refractivity contribution in [3.05, 3.63) is 35.7 Å². The lowest BCUT2D eigenvalue weighted by Crippen LogP contribution is -2.07. The van der Waals surface area contributed by atoms with Crippen molar-refractivity contribution in [3.63, 3.8) is 0 Å². The van der Waals surface area contributed by atoms with Crippen LogP contribution in [0.2, 0.25) is 0 Å². The maximum Gasteiger partial charge on any atom is 0.151 e. The van der Waals surface area contributed by atoms with Crippen LogP contribution in [0.1, 0.15) is 16.1 Å². The first-order valence-corrected chi connectivity index (χ1v) is 5.46. The zero-order valence-electron chi connectivity index (χ0n) is 9.97. The van der Waals surface area contributed by atoms with E-state index < -0.39 is 0 Å². The number of carbonyl (C=O) groups is 1. The predicted molar refractivity (Wildman–Crippen MR) is 64.1 cm³/mol. The molecule has 0 aliphatic carbocycles. The Hall–Kier alpha value is -1.81. The average Bonchev–Trinajstić information content (AvgIpc) is 2.94. The van der Waals surface area contributed by atoms with Gasteiger partial charge in [-0.15, -0.1) is 0 Å². The van der Waals surface area contributed by atoms with Crippen LogP contribution < -0.4 is 0 Å². The molecule has 4 heteroatoms. The molecule has 0 N–H and O–H groups in total. The van der Waals surface area contributed by atoms with Crippen LogP contribution in [0, 0.1) is 6.92 Å². The van der Waals surface area contributed by atoms with E-state index in [0.717, 1.165) is 23.4 Å². The molecule has 0 unspecified atom stereocenters. The second kappa shape index (κ2) is 5.01. The van der Waals surface area contributed by atoms with Crippen LogP contribution in [0.3, 0.4) is 0 Å². The van der Waals surface area contributed by atoms with E-state index >= 15 is 0 Å². The van der Waals surface area contributed by atoms with Crippen molar-refractivity contribution in [2.24, 2.45) is 0 Å². The van der Waals surface area contributed by atoms with Gasteiger partial charge in [-0.2, -0.15) is 0 Å². The molecule has 2 heterocycles. The molecule has 2 aromatic heterocycles. The zero-order chi connectivity index (χ0) is 12.3. The lowest BCUT2D eigenvalue weighted by molar-refractivity contribution is 0.112. The molecule has 0 aliphatic heterocycles. The lowest BCUT2D eigenvalue weighted by Gasteiger charge is -2.09. The van der Waals surface area contributed by atoms with E-state index in [1.54, 1.807) is 13.4 Å². The van der Waals surface area contributed by atoms with Gasteiger partial charge >= 0.3 is 0 Å². The fourth-order valence-corrected chi connectivity index (χ4v) is 1.88. The van der Waals surface area contributed by atoms with Crippen molar-refractivity contribution < 1.29 is 13.9 Å². The Bertz CT molecular complexity index is 497. The first kappa shape index (κ1) is 11.7. The van der Waals surface area contributed by atoms with E-state index in [0.29, 0.717) is 18.7 Å². The van der Waals surface area contributed by atoms with Crippen LogP contribution in [-0.2, 0) is 11.3 Å². The molecule has 0 saturated heterocycles. The molecule has 0 atom stereocenters. The number of nitrogens with zero attached hydrogens (tertiary/aromatic N) is 1. The second-order valence-corrected chi connectivity index (χ2v) is 3.81. The molecular formula is C13H15NO3. The Balaban J connectivity index is 2.46. The minimum atomic E-state index is 0.599. The Morgan fingerprint density at radius 2 is 2.35 bits per heavy atom. The van der Waals surface area contributed by atoms with Gasteiger partial charge in [0.25, 0.3) is 0 Å². The fourth-order valence-electron chi connectivity index (χ4n) is 1.88. The number of ether oxygens (including phenoxy) is 1. The van der Waals surface area contributed by atoms with Gasteiger partial charge in [-0.3, -0.25) is 4.79 Å². The number of aromatic nitrogens is 1. The summed E-state index contributed by atoms with van der Waals surface area (Å²) in [5.74, 6) is 0.761. The maximum atomic E-state index is 11.0. The third-order valence-electron chi connectivity index (χ3n) is 2.83. The van der Waals surface area contributed by atoms with Crippen molar-refractivity contribution in [2.45, 2.75) is 13.5 Å². The topological polar surface area (TPSA) is 44.4 Å². The number of methoxy groups -OCH3 is 1. The van der Waals surface area contributed by atoms with Gasteiger partial charge in [0.05, 0.1) is 18.6 Å². The smallest absolute Gasteiger partial charge is 0.151 e. The Morgan fingerprint density at radius 1 is 1.53 bits per heavy atom. The monoisotopic (exact) mass is 233 g/mol. The van der Waals surface area contributed by atoms with Crippen molar-refractivity contribution in [1.82, 2.24) is 4.57 Å². The summed E-state index contributed by atoms with van der Waals surface area (Å²) in [6.07, 6.45) is 2.49. The van der Waals surface area contributed by atoms with E-state index in [-0.39, 0.29) is 0 Å². The average molecular weight is 233 g/mol. The van der Waals surface area contributed by atoms with Crippen LogP contribution in [0.4, 0.5) is 0 Å². The molecule has 2 rings (SSSR count). The standard InChI is InChI=1S/C13H15NO3/c1-10-11(9-15)8-12(13-4-3-6-17-13)14(10)5-7-16-2/h3-4,6,8-9H,5,7H2,1-2H3. The molecule has 0 spiro atoms. The minimum absolute atomic E-state index is 0.599. The quantitative estimate of drug-likeness (QED) is 0.745. The largest absolute Gasteiger partial charge is 0.463 e. The first-order chi connectivity index (χ1) is 8.27. The molecule has 2 aromatic rings. The molecule has 4 nitrogen and oxygen atoms in total. The maximum absolute atomic E-state index is 11.0. The fraction of sp³-hybridized carbons (Fsp3) is 0.308. The van der Waals surface area contributed by atoms with E-state index in [2.05, 4.69) is 0 Å². The molecule has 90 valence electrons. The number of rotatable bonds is 5. The Labute approximate surface area is 99.8 Å². The van der Waals surface area contributed by atoms with Gasteiger partial charge in [0.15, 0.2) is 6.29 Å². The SMILES string of the molecule is COCCn1c(-c2ccco2)cc(C=O)c1C. The number of furan rings is 1. The highest BCUT2D eigenvalue weighted by molar-refractivity contribution is 5.80. The summed E-state index contributed by atoms with van der Waals surface area (Å²) >= 11 is 0. The number of aldehydes is 1.